The van der Waals surface area contributed by atoms with Crippen molar-refractivity contribution in [3.8, 4) is 0 Å². The molecule has 0 heterocycles. The lowest BCUT2D eigenvalue weighted by molar-refractivity contribution is 0.480. The topological polar surface area (TPSA) is 235 Å². The molecule has 0 unspecified atom stereocenters. The fourth-order valence-corrected chi connectivity index (χ4v) is 5.93. The van der Waals surface area contributed by atoms with Gasteiger partial charge in [0.05, 0.1) is 20.4 Å². The van der Waals surface area contributed by atoms with Crippen LogP contribution in [0.2, 0.25) is 0 Å². The molecule has 178 valence electrons. The largest absolute Gasteiger partial charge is 0.399 e. The van der Waals surface area contributed by atoms with Crippen molar-refractivity contribution in [2.75, 3.05) is 10.5 Å². The minimum Gasteiger partial charge on any atom is -0.399 e. The van der Waals surface area contributed by atoms with Crippen LogP contribution in [0.15, 0.2) is 68.1 Å². The number of hydrogen-bond acceptors (Lipinski definition) is 9. The summed E-state index contributed by atoms with van der Waals surface area (Å²) in [4.78, 5) is -3.58. The minimum absolute atomic E-state index is 0.0471. The van der Waals surface area contributed by atoms with Gasteiger partial charge < -0.3 is 5.73 Å². The predicted molar refractivity (Wildman–Crippen MR) is 115 cm³/mol. The molecule has 3 aromatic carbocycles. The Kier molecular flexibility index (Phi) is 5.95. The zero-order valence-corrected chi connectivity index (χ0v) is 19.2. The maximum absolute atomic E-state index is 12.8. The molecule has 3 rings (SSSR count). The molecule has 3 aromatic rings. The molecule has 0 aliphatic carbocycles. The van der Waals surface area contributed by atoms with Gasteiger partial charge in [-0.1, -0.05) is 6.07 Å². The smallest absolute Gasteiger partial charge is 0.295 e. The molecule has 0 fully saturated rings. The number of fused-ring (bicyclic) bond motifs is 1. The van der Waals surface area contributed by atoms with Gasteiger partial charge in [-0.05, 0) is 47.9 Å². The van der Waals surface area contributed by atoms with Crippen LogP contribution in [0, 0.1) is 0 Å². The third kappa shape index (κ3) is 5.24. The Morgan fingerprint density at radius 3 is 1.70 bits per heavy atom. The van der Waals surface area contributed by atoms with Gasteiger partial charge >= 0.3 is 0 Å². The first-order valence-corrected chi connectivity index (χ1v) is 14.1. The molecule has 0 saturated carbocycles. The third-order valence-electron chi connectivity index (χ3n) is 4.25. The van der Waals surface area contributed by atoms with E-state index in [0.717, 1.165) is 12.1 Å². The van der Waals surface area contributed by atoms with Gasteiger partial charge in [-0.25, -0.2) is 8.42 Å². The van der Waals surface area contributed by atoms with E-state index in [4.69, 9.17) is 5.73 Å². The van der Waals surface area contributed by atoms with Crippen molar-refractivity contribution < 1.29 is 47.3 Å². The molecule has 0 spiro atoms. The molecule has 6 N–H and O–H groups in total. The van der Waals surface area contributed by atoms with Crippen molar-refractivity contribution >= 4 is 62.5 Å². The van der Waals surface area contributed by atoms with E-state index in [9.17, 15) is 47.3 Å². The summed E-state index contributed by atoms with van der Waals surface area (Å²) in [6, 6.07) is 6.96. The molecule has 0 bridgehead atoms. The summed E-state index contributed by atoms with van der Waals surface area (Å²) in [6.07, 6.45) is 0. The van der Waals surface area contributed by atoms with Crippen LogP contribution in [0.25, 0.3) is 10.8 Å². The van der Waals surface area contributed by atoms with E-state index < -0.39 is 76.4 Å². The second kappa shape index (κ2) is 7.90. The van der Waals surface area contributed by atoms with Crippen LogP contribution in [0.1, 0.15) is 0 Å². The Morgan fingerprint density at radius 2 is 1.21 bits per heavy atom. The highest BCUT2D eigenvalue weighted by molar-refractivity contribution is 7.92. The second-order valence-corrected chi connectivity index (χ2v) is 12.5. The van der Waals surface area contributed by atoms with Crippen molar-refractivity contribution in [2.45, 2.75) is 19.6 Å². The van der Waals surface area contributed by atoms with E-state index in [1.165, 1.54) is 12.1 Å². The number of sulfonamides is 1. The molecule has 0 atom stereocenters. The van der Waals surface area contributed by atoms with Gasteiger partial charge in [-0.2, -0.15) is 25.3 Å². The Bertz CT molecular complexity index is 1720. The van der Waals surface area contributed by atoms with Crippen LogP contribution in [0.3, 0.4) is 0 Å². The van der Waals surface area contributed by atoms with Gasteiger partial charge in [0.2, 0.25) is 0 Å². The molecule has 0 aromatic heterocycles. The first-order valence-electron chi connectivity index (χ1n) is 8.32. The van der Waals surface area contributed by atoms with E-state index in [0.29, 0.717) is 24.3 Å². The first-order chi connectivity index (χ1) is 14.9. The quantitative estimate of drug-likeness (QED) is 0.218. The van der Waals surface area contributed by atoms with Crippen LogP contribution >= 0.6 is 0 Å². The predicted octanol–water partition coefficient (Wildman–Crippen LogP) is 0.963. The van der Waals surface area contributed by atoms with Crippen LogP contribution in [0.5, 0.6) is 0 Å². The van der Waals surface area contributed by atoms with Gasteiger partial charge in [0, 0.05) is 11.1 Å². The summed E-state index contributed by atoms with van der Waals surface area (Å²) in [5, 5.41) is -1.22. The van der Waals surface area contributed by atoms with Crippen molar-refractivity contribution in [1.29, 1.82) is 0 Å². The summed E-state index contributed by atoms with van der Waals surface area (Å²) >= 11 is 0. The van der Waals surface area contributed by atoms with Crippen LogP contribution in [0.4, 0.5) is 11.4 Å². The Balaban J connectivity index is 2.47. The lowest BCUT2D eigenvalue weighted by Gasteiger charge is -2.15. The van der Waals surface area contributed by atoms with E-state index in [1.807, 2.05) is 4.72 Å². The Morgan fingerprint density at radius 1 is 0.667 bits per heavy atom. The fraction of sp³-hybridized carbons (Fsp3) is 0. The Hall–Kier alpha value is -2.80. The van der Waals surface area contributed by atoms with Crippen molar-refractivity contribution in [3.63, 3.8) is 0 Å². The monoisotopic (exact) mass is 538 g/mol. The molecule has 0 amide bonds. The Labute approximate surface area is 188 Å². The molecule has 33 heavy (non-hydrogen) atoms. The molecule has 0 aliphatic rings. The van der Waals surface area contributed by atoms with Crippen molar-refractivity contribution in [3.05, 3.63) is 48.5 Å². The van der Waals surface area contributed by atoms with Crippen LogP contribution in [-0.2, 0) is 40.4 Å². The number of rotatable bonds is 6. The first kappa shape index (κ1) is 24.8. The number of nitrogens with two attached hydrogens (primary N) is 1. The maximum atomic E-state index is 12.8. The lowest BCUT2D eigenvalue weighted by atomic mass is 10.1. The van der Waals surface area contributed by atoms with Gasteiger partial charge in [0.25, 0.3) is 40.4 Å². The summed E-state index contributed by atoms with van der Waals surface area (Å²) < 4.78 is 126. The maximum Gasteiger partial charge on any atom is 0.295 e. The molecular weight excluding hydrogens is 524 g/mol. The van der Waals surface area contributed by atoms with E-state index >= 15 is 0 Å². The molecule has 17 heteroatoms. The number of hydrogen-bond donors (Lipinski definition) is 5. The average Bonchev–Trinajstić information content (AvgIpc) is 2.64. The van der Waals surface area contributed by atoms with Crippen LogP contribution < -0.4 is 10.5 Å². The van der Waals surface area contributed by atoms with E-state index in [2.05, 4.69) is 0 Å². The van der Waals surface area contributed by atoms with Crippen molar-refractivity contribution in [1.82, 2.24) is 0 Å². The second-order valence-electron chi connectivity index (χ2n) is 6.59. The van der Waals surface area contributed by atoms with Crippen LogP contribution in [-0.4, -0.2) is 47.3 Å². The average molecular weight is 539 g/mol. The van der Waals surface area contributed by atoms with Crippen molar-refractivity contribution in [2.24, 2.45) is 0 Å². The summed E-state index contributed by atoms with van der Waals surface area (Å²) in [7, 11) is -19.9. The van der Waals surface area contributed by atoms with Gasteiger partial charge in [-0.15, -0.1) is 0 Å². The van der Waals surface area contributed by atoms with Gasteiger partial charge in [0.15, 0.2) is 0 Å². The highest BCUT2D eigenvalue weighted by atomic mass is 32.2. The summed E-state index contributed by atoms with van der Waals surface area (Å²) in [5.41, 5.74) is 4.86. The standard InChI is InChI=1S/C16H14N2O11S4/c17-10-2-1-3-11(6-10)30(19,20)18-14-7-12(31(21,22)23)4-9-5-13(32(24,25)26)8-15(16(9)14)33(27,28)29/h1-8,18H,17H2,(H,21,22,23)(H,24,25,26)(H,27,28,29). The number of nitrogens with one attached hydrogen (secondary N) is 1. The highest BCUT2D eigenvalue weighted by Crippen LogP contribution is 2.36. The lowest BCUT2D eigenvalue weighted by Crippen LogP contribution is -2.15. The molecule has 0 saturated heterocycles. The minimum atomic E-state index is -5.25. The molecular formula is C16H14N2O11S4. The molecule has 13 nitrogen and oxygen atoms in total. The zero-order chi connectivity index (χ0) is 25.0. The van der Waals surface area contributed by atoms with E-state index in [-0.39, 0.29) is 5.69 Å². The highest BCUT2D eigenvalue weighted by Gasteiger charge is 2.26. The summed E-state index contributed by atoms with van der Waals surface area (Å²) in [6.45, 7) is 0. The SMILES string of the molecule is Nc1cccc(S(=O)(=O)Nc2cc(S(=O)(=O)O)cc3cc(S(=O)(=O)O)cc(S(=O)(=O)O)c23)c1. The third-order valence-corrected chi connectivity index (χ3v) is 8.15. The van der Waals surface area contributed by atoms with Gasteiger partial charge in [0.1, 0.15) is 4.90 Å². The zero-order valence-electron chi connectivity index (χ0n) is 15.9. The van der Waals surface area contributed by atoms with Gasteiger partial charge in [-0.3, -0.25) is 18.4 Å². The van der Waals surface area contributed by atoms with E-state index in [1.54, 1.807) is 0 Å². The summed E-state index contributed by atoms with van der Waals surface area (Å²) in [5.74, 6) is 0. The number of nitrogen functional groups attached to an aromatic ring is 1. The molecule has 0 aliphatic heterocycles. The fourth-order valence-electron chi connectivity index (χ4n) is 2.89. The number of benzene rings is 3. The molecule has 0 radical (unpaired) electrons. The normalized spacial score (nSPS) is 13.2. The number of anilines is 2.